The predicted octanol–water partition coefficient (Wildman–Crippen LogP) is 4.13. The molecule has 0 spiro atoms. The van der Waals surface area contributed by atoms with E-state index in [0.29, 0.717) is 6.04 Å². The molecule has 3 aromatic rings. The van der Waals surface area contributed by atoms with Crippen LogP contribution < -0.4 is 0 Å². The summed E-state index contributed by atoms with van der Waals surface area (Å²) in [5, 5.41) is 2.53. The summed E-state index contributed by atoms with van der Waals surface area (Å²) >= 11 is 0. The number of aryl methyl sites for hydroxylation is 1. The molecule has 128 valence electrons. The molecule has 3 heteroatoms. The zero-order valence-corrected chi connectivity index (χ0v) is 15.0. The molecule has 5 heterocycles. The molecule has 0 amide bonds. The van der Waals surface area contributed by atoms with E-state index in [0.717, 1.165) is 23.8 Å². The van der Waals surface area contributed by atoms with Crippen LogP contribution >= 0.6 is 0 Å². The van der Waals surface area contributed by atoms with Crippen molar-refractivity contribution in [1.29, 1.82) is 0 Å². The number of rotatable bonds is 1. The number of para-hydroxylation sites is 1. The molecular weight excluding hydrogens is 308 g/mol. The number of hydrogen-bond donors (Lipinski definition) is 0. The Labute approximate surface area is 148 Å². The van der Waals surface area contributed by atoms with E-state index in [1.807, 2.05) is 0 Å². The van der Waals surface area contributed by atoms with Crippen molar-refractivity contribution in [1.82, 2.24) is 9.80 Å². The predicted molar refractivity (Wildman–Crippen MR) is 101 cm³/mol. The highest BCUT2D eigenvalue weighted by Gasteiger charge is 2.56. The minimum absolute atomic E-state index is 0.205. The lowest BCUT2D eigenvalue weighted by atomic mass is 9.61. The fraction of sp³-hybridized carbons (Fsp3) is 0.455. The third kappa shape index (κ3) is 1.73. The standard InChI is InChI=1S/C22H24N2O/c1-14-7-8-18-17-5-3-4-6-19(17)25-21(18)20(14)22-9-16-10-23(12-22)13-24(11-16)15(22)2/h3-8,15-16H,9-13H2,1-2H3. The maximum absolute atomic E-state index is 6.47. The minimum Gasteiger partial charge on any atom is -0.456 e. The molecule has 3 nitrogen and oxygen atoms in total. The Kier molecular flexibility index (Phi) is 2.67. The SMILES string of the molecule is Cc1ccc2c(oc3ccccc32)c1C12CC3CN(CN(C3)C1C)C2. The van der Waals surface area contributed by atoms with E-state index in [4.69, 9.17) is 4.42 Å². The van der Waals surface area contributed by atoms with Gasteiger partial charge in [0.05, 0.1) is 6.67 Å². The summed E-state index contributed by atoms with van der Waals surface area (Å²) < 4.78 is 6.47. The minimum atomic E-state index is 0.205. The molecule has 4 bridgehead atoms. The average molecular weight is 332 g/mol. The molecule has 2 aromatic carbocycles. The molecule has 4 saturated heterocycles. The third-order valence-corrected chi connectivity index (χ3v) is 7.15. The summed E-state index contributed by atoms with van der Waals surface area (Å²) in [6, 6.07) is 13.6. The van der Waals surface area contributed by atoms with Gasteiger partial charge < -0.3 is 4.42 Å². The second-order valence-corrected chi connectivity index (χ2v) is 8.56. The van der Waals surface area contributed by atoms with Gasteiger partial charge in [0.15, 0.2) is 0 Å². The lowest BCUT2D eigenvalue weighted by molar-refractivity contribution is -0.120. The maximum atomic E-state index is 6.47. The zero-order chi connectivity index (χ0) is 16.8. The Hall–Kier alpha value is -1.84. The third-order valence-electron chi connectivity index (χ3n) is 7.15. The van der Waals surface area contributed by atoms with Crippen molar-refractivity contribution >= 4 is 21.9 Å². The Morgan fingerprint density at radius 1 is 1.08 bits per heavy atom. The smallest absolute Gasteiger partial charge is 0.139 e. The van der Waals surface area contributed by atoms with Crippen LogP contribution in [0.2, 0.25) is 0 Å². The number of fused-ring (bicyclic) bond motifs is 3. The molecule has 0 saturated carbocycles. The normalized spacial score (nSPS) is 36.6. The van der Waals surface area contributed by atoms with E-state index in [1.165, 1.54) is 48.0 Å². The highest BCUT2D eigenvalue weighted by Crippen LogP contribution is 2.51. The van der Waals surface area contributed by atoms with E-state index in [-0.39, 0.29) is 5.41 Å². The second kappa shape index (κ2) is 4.66. The molecule has 0 aliphatic carbocycles. The number of hydrogen-bond acceptors (Lipinski definition) is 3. The van der Waals surface area contributed by atoms with E-state index in [9.17, 15) is 0 Å². The van der Waals surface area contributed by atoms with Gasteiger partial charge in [0.1, 0.15) is 11.2 Å². The highest BCUT2D eigenvalue weighted by atomic mass is 16.3. The Morgan fingerprint density at radius 2 is 1.96 bits per heavy atom. The van der Waals surface area contributed by atoms with Crippen LogP contribution in [-0.4, -0.2) is 42.1 Å². The van der Waals surface area contributed by atoms with Gasteiger partial charge in [-0.2, -0.15) is 0 Å². The lowest BCUT2D eigenvalue weighted by Crippen LogP contribution is -2.72. The van der Waals surface area contributed by atoms with Crippen LogP contribution in [0, 0.1) is 12.8 Å². The number of nitrogens with zero attached hydrogens (tertiary/aromatic N) is 2. The molecule has 25 heavy (non-hydrogen) atoms. The lowest BCUT2D eigenvalue weighted by Gasteiger charge is -2.63. The molecule has 5 unspecified atom stereocenters. The quantitative estimate of drug-likeness (QED) is 0.668. The largest absolute Gasteiger partial charge is 0.456 e. The first-order valence-corrected chi connectivity index (χ1v) is 9.53. The first-order chi connectivity index (χ1) is 12.2. The molecule has 0 radical (unpaired) electrons. The number of piperidine rings is 2. The van der Waals surface area contributed by atoms with Gasteiger partial charge >= 0.3 is 0 Å². The topological polar surface area (TPSA) is 19.6 Å². The van der Waals surface area contributed by atoms with Gasteiger partial charge in [0.2, 0.25) is 0 Å². The van der Waals surface area contributed by atoms with E-state index in [2.05, 4.69) is 60.0 Å². The molecular formula is C22H24N2O. The van der Waals surface area contributed by atoms with Gasteiger partial charge in [-0.05, 0) is 37.8 Å². The first-order valence-electron chi connectivity index (χ1n) is 9.53. The van der Waals surface area contributed by atoms with Crippen LogP contribution in [0.25, 0.3) is 21.9 Å². The van der Waals surface area contributed by atoms with Crippen LogP contribution in [0.4, 0.5) is 0 Å². The molecule has 0 N–H and O–H groups in total. The Morgan fingerprint density at radius 3 is 2.84 bits per heavy atom. The fourth-order valence-corrected chi connectivity index (χ4v) is 6.18. The van der Waals surface area contributed by atoms with Gasteiger partial charge in [-0.1, -0.05) is 30.3 Å². The van der Waals surface area contributed by atoms with E-state index < -0.39 is 0 Å². The number of furan rings is 1. The van der Waals surface area contributed by atoms with Crippen LogP contribution in [0.15, 0.2) is 40.8 Å². The molecule has 4 fully saturated rings. The summed E-state index contributed by atoms with van der Waals surface area (Å²) in [6.07, 6.45) is 1.30. The van der Waals surface area contributed by atoms with Crippen LogP contribution in [0.1, 0.15) is 24.5 Å². The van der Waals surface area contributed by atoms with Crippen molar-refractivity contribution in [2.24, 2.45) is 5.92 Å². The Bertz CT molecular complexity index is 990. The number of benzene rings is 2. The van der Waals surface area contributed by atoms with Crippen molar-refractivity contribution in [2.45, 2.75) is 31.7 Å². The summed E-state index contributed by atoms with van der Waals surface area (Å²) in [7, 11) is 0. The average Bonchev–Trinajstić information content (AvgIpc) is 2.97. The van der Waals surface area contributed by atoms with Gasteiger partial charge in [-0.15, -0.1) is 0 Å². The van der Waals surface area contributed by atoms with E-state index in [1.54, 1.807) is 0 Å². The molecule has 4 aliphatic rings. The van der Waals surface area contributed by atoms with Gasteiger partial charge in [-0.25, -0.2) is 0 Å². The summed E-state index contributed by atoms with van der Waals surface area (Å²) in [5.41, 5.74) is 5.23. The fourth-order valence-electron chi connectivity index (χ4n) is 6.18. The summed E-state index contributed by atoms with van der Waals surface area (Å²) in [5.74, 6) is 0.803. The van der Waals surface area contributed by atoms with Gasteiger partial charge in [0.25, 0.3) is 0 Å². The van der Waals surface area contributed by atoms with Gasteiger partial charge in [0, 0.05) is 47.4 Å². The zero-order valence-electron chi connectivity index (χ0n) is 15.0. The first kappa shape index (κ1) is 14.3. The molecule has 5 atom stereocenters. The molecule has 1 aromatic heterocycles. The Balaban J connectivity index is 1.67. The highest BCUT2D eigenvalue weighted by molar-refractivity contribution is 6.06. The van der Waals surface area contributed by atoms with Crippen molar-refractivity contribution in [2.75, 3.05) is 26.3 Å². The second-order valence-electron chi connectivity index (χ2n) is 8.56. The van der Waals surface area contributed by atoms with Crippen molar-refractivity contribution in [3.63, 3.8) is 0 Å². The van der Waals surface area contributed by atoms with Gasteiger partial charge in [-0.3, -0.25) is 9.80 Å². The van der Waals surface area contributed by atoms with Crippen LogP contribution in [0.5, 0.6) is 0 Å². The van der Waals surface area contributed by atoms with Crippen molar-refractivity contribution < 1.29 is 4.42 Å². The summed E-state index contributed by atoms with van der Waals surface area (Å²) in [6.45, 7) is 9.60. The monoisotopic (exact) mass is 332 g/mol. The molecule has 7 rings (SSSR count). The van der Waals surface area contributed by atoms with Crippen LogP contribution in [-0.2, 0) is 5.41 Å². The van der Waals surface area contributed by atoms with E-state index >= 15 is 0 Å². The maximum Gasteiger partial charge on any atom is 0.139 e. The summed E-state index contributed by atoms with van der Waals surface area (Å²) in [4.78, 5) is 5.36. The van der Waals surface area contributed by atoms with Crippen LogP contribution in [0.3, 0.4) is 0 Å². The van der Waals surface area contributed by atoms with Crippen molar-refractivity contribution in [3.8, 4) is 0 Å². The van der Waals surface area contributed by atoms with Crippen molar-refractivity contribution in [3.05, 3.63) is 47.5 Å². The molecule has 4 aliphatic heterocycles.